The number of nitriles is 1. The predicted octanol–water partition coefficient (Wildman–Crippen LogP) is 2.53. The molecule has 0 bridgehead atoms. The number of hydrogen-bond acceptors (Lipinski definition) is 5. The first-order chi connectivity index (χ1) is 9.45. The highest BCUT2D eigenvalue weighted by Gasteiger charge is 2.35. The van der Waals surface area contributed by atoms with Crippen LogP contribution >= 0.6 is 11.6 Å². The Morgan fingerprint density at radius 1 is 1.30 bits per heavy atom. The molecule has 0 unspecified atom stereocenters. The molecule has 6 nitrogen and oxygen atoms in total. The largest absolute Gasteiger partial charge is 0.299 e. The van der Waals surface area contributed by atoms with Gasteiger partial charge >= 0.3 is 0 Å². The van der Waals surface area contributed by atoms with Crippen LogP contribution in [0, 0.1) is 21.4 Å². The highest BCUT2D eigenvalue weighted by Crippen LogP contribution is 2.36. The number of ketones is 2. The summed E-state index contributed by atoms with van der Waals surface area (Å²) in [4.78, 5) is 33.9. The molecule has 2 rings (SSSR count). The summed E-state index contributed by atoms with van der Waals surface area (Å²) in [6, 6.07) is 3.88. The minimum Gasteiger partial charge on any atom is -0.299 e. The molecule has 1 aliphatic rings. The van der Waals surface area contributed by atoms with Crippen molar-refractivity contribution in [3.05, 3.63) is 38.4 Å². The minimum atomic E-state index is -1.08. The molecule has 1 saturated carbocycles. The van der Waals surface area contributed by atoms with Crippen LogP contribution in [0.2, 0.25) is 5.02 Å². The van der Waals surface area contributed by atoms with Gasteiger partial charge in [-0.2, -0.15) is 5.26 Å². The Morgan fingerprint density at radius 3 is 2.40 bits per heavy atom. The normalized spacial score (nSPS) is 16.0. The van der Waals surface area contributed by atoms with Gasteiger partial charge in [-0.15, -0.1) is 0 Å². The number of halogens is 1. The molecule has 0 aromatic heterocycles. The van der Waals surface area contributed by atoms with E-state index in [1.165, 1.54) is 0 Å². The molecule has 0 N–H and O–H groups in total. The predicted molar refractivity (Wildman–Crippen MR) is 69.4 cm³/mol. The Bertz CT molecular complexity index is 647. The lowest BCUT2D eigenvalue weighted by atomic mass is 9.80. The number of nitrogens with zero attached hydrogens (tertiary/aromatic N) is 2. The Morgan fingerprint density at radius 2 is 1.90 bits per heavy atom. The smallest absolute Gasteiger partial charge is 0.272 e. The third kappa shape index (κ3) is 2.40. The van der Waals surface area contributed by atoms with Crippen LogP contribution in [0.1, 0.15) is 36.3 Å². The highest BCUT2D eigenvalue weighted by atomic mass is 35.5. The van der Waals surface area contributed by atoms with Gasteiger partial charge in [-0.05, 0) is 6.42 Å². The van der Waals surface area contributed by atoms with E-state index >= 15 is 0 Å². The van der Waals surface area contributed by atoms with Crippen LogP contribution in [-0.2, 0) is 9.59 Å². The molecule has 0 heterocycles. The average molecular weight is 293 g/mol. The number of hydrogen-bond donors (Lipinski definition) is 0. The maximum absolute atomic E-state index is 11.9. The van der Waals surface area contributed by atoms with Gasteiger partial charge in [0, 0.05) is 30.5 Å². The van der Waals surface area contributed by atoms with Gasteiger partial charge < -0.3 is 0 Å². The third-order valence-corrected chi connectivity index (χ3v) is 3.54. The molecular formula is C13H9ClN2O4. The van der Waals surface area contributed by atoms with E-state index in [1.54, 1.807) is 6.07 Å². The maximum Gasteiger partial charge on any atom is 0.272 e. The lowest BCUT2D eigenvalue weighted by Crippen LogP contribution is -2.27. The first-order valence-electron chi connectivity index (χ1n) is 5.89. The molecule has 0 spiro atoms. The van der Waals surface area contributed by atoms with Crippen molar-refractivity contribution < 1.29 is 14.5 Å². The molecule has 1 aliphatic carbocycles. The van der Waals surface area contributed by atoms with E-state index in [1.807, 2.05) is 0 Å². The van der Waals surface area contributed by atoms with Crippen molar-refractivity contribution in [2.45, 2.75) is 25.2 Å². The molecule has 1 fully saturated rings. The number of nitro benzene ring substituents is 1. The zero-order chi connectivity index (χ0) is 14.9. The number of Topliss-reactive ketones (excluding diaryl/α,β-unsaturated/α-hetero) is 2. The second kappa shape index (κ2) is 5.39. The van der Waals surface area contributed by atoms with Crippen LogP contribution in [0.25, 0.3) is 0 Å². The van der Waals surface area contributed by atoms with Crippen LogP contribution in [0.3, 0.4) is 0 Å². The zero-order valence-corrected chi connectivity index (χ0v) is 11.0. The van der Waals surface area contributed by atoms with Gasteiger partial charge in [-0.3, -0.25) is 19.7 Å². The van der Waals surface area contributed by atoms with Gasteiger partial charge in [-0.1, -0.05) is 11.6 Å². The molecule has 1 aromatic carbocycles. The van der Waals surface area contributed by atoms with Gasteiger partial charge in [-0.25, -0.2) is 0 Å². The number of non-ortho nitro benzene ring substituents is 1. The van der Waals surface area contributed by atoms with Crippen molar-refractivity contribution in [3.63, 3.8) is 0 Å². The van der Waals surface area contributed by atoms with Crippen LogP contribution in [-0.4, -0.2) is 16.5 Å². The first-order valence-corrected chi connectivity index (χ1v) is 6.27. The van der Waals surface area contributed by atoms with Crippen LogP contribution in [0.15, 0.2) is 12.1 Å². The lowest BCUT2D eigenvalue weighted by Gasteiger charge is -2.21. The SMILES string of the molecule is N#Cc1cc([N+](=O)[O-])cc(Cl)c1C1C(=O)CCCC1=O. The molecule has 20 heavy (non-hydrogen) atoms. The van der Waals surface area contributed by atoms with Crippen LogP contribution in [0.5, 0.6) is 0 Å². The fourth-order valence-corrected chi connectivity index (χ4v) is 2.64. The Hall–Kier alpha value is -2.26. The summed E-state index contributed by atoms with van der Waals surface area (Å²) in [7, 11) is 0. The van der Waals surface area contributed by atoms with E-state index in [-0.39, 0.29) is 46.2 Å². The molecule has 0 radical (unpaired) electrons. The molecule has 102 valence electrons. The fourth-order valence-electron chi connectivity index (χ4n) is 2.32. The summed E-state index contributed by atoms with van der Waals surface area (Å²) in [6.07, 6.45) is 0.976. The Kier molecular flexibility index (Phi) is 3.81. The van der Waals surface area contributed by atoms with E-state index in [0.29, 0.717) is 6.42 Å². The molecular weight excluding hydrogens is 284 g/mol. The summed E-state index contributed by atoms with van der Waals surface area (Å²) < 4.78 is 0. The molecule has 0 amide bonds. The monoisotopic (exact) mass is 292 g/mol. The number of benzene rings is 1. The molecule has 0 aliphatic heterocycles. The summed E-state index contributed by atoms with van der Waals surface area (Å²) in [6.45, 7) is 0. The molecule has 7 heteroatoms. The zero-order valence-electron chi connectivity index (χ0n) is 10.3. The van der Waals surface area contributed by atoms with Gasteiger partial charge in [0.2, 0.25) is 0 Å². The second-order valence-electron chi connectivity index (χ2n) is 4.48. The van der Waals surface area contributed by atoms with Crippen LogP contribution < -0.4 is 0 Å². The topological polar surface area (TPSA) is 101 Å². The standard InChI is InChI=1S/C13H9ClN2O4/c14-9-5-8(16(19)20)4-7(6-15)12(9)13-10(17)2-1-3-11(13)18/h4-5,13H,1-3H2. The van der Waals surface area contributed by atoms with Crippen molar-refractivity contribution in [3.8, 4) is 6.07 Å². The summed E-state index contributed by atoms with van der Waals surface area (Å²) in [5, 5.41) is 19.7. The number of carbonyl (C=O) groups is 2. The van der Waals surface area contributed by atoms with E-state index < -0.39 is 10.8 Å². The van der Waals surface area contributed by atoms with E-state index in [0.717, 1.165) is 12.1 Å². The number of carbonyl (C=O) groups excluding carboxylic acids is 2. The molecule has 0 saturated heterocycles. The average Bonchev–Trinajstić information content (AvgIpc) is 2.39. The Labute approximate surface area is 119 Å². The highest BCUT2D eigenvalue weighted by molar-refractivity contribution is 6.32. The molecule has 0 atom stereocenters. The van der Waals surface area contributed by atoms with Crippen molar-refractivity contribution in [1.29, 1.82) is 5.26 Å². The lowest BCUT2D eigenvalue weighted by molar-refractivity contribution is -0.384. The minimum absolute atomic E-state index is 0.0921. The van der Waals surface area contributed by atoms with E-state index in [2.05, 4.69) is 0 Å². The van der Waals surface area contributed by atoms with E-state index in [4.69, 9.17) is 16.9 Å². The van der Waals surface area contributed by atoms with Crippen molar-refractivity contribution in [2.24, 2.45) is 0 Å². The summed E-state index contributed by atoms with van der Waals surface area (Å²) in [5.74, 6) is -1.67. The third-order valence-electron chi connectivity index (χ3n) is 3.22. The fraction of sp³-hybridized carbons (Fsp3) is 0.308. The van der Waals surface area contributed by atoms with Gasteiger partial charge in [0.1, 0.15) is 17.5 Å². The number of nitro groups is 1. The van der Waals surface area contributed by atoms with Gasteiger partial charge in [0.15, 0.2) is 0 Å². The quantitative estimate of drug-likeness (QED) is 0.473. The van der Waals surface area contributed by atoms with Crippen molar-refractivity contribution in [2.75, 3.05) is 0 Å². The van der Waals surface area contributed by atoms with Gasteiger partial charge in [0.25, 0.3) is 5.69 Å². The van der Waals surface area contributed by atoms with Gasteiger partial charge in [0.05, 0.1) is 21.6 Å². The summed E-state index contributed by atoms with van der Waals surface area (Å²) in [5.41, 5.74) is -0.349. The summed E-state index contributed by atoms with van der Waals surface area (Å²) >= 11 is 5.96. The Balaban J connectivity index is 2.62. The maximum atomic E-state index is 11.9. The molecule has 1 aromatic rings. The van der Waals surface area contributed by atoms with Crippen molar-refractivity contribution in [1.82, 2.24) is 0 Å². The first kappa shape index (κ1) is 14.2. The van der Waals surface area contributed by atoms with Crippen molar-refractivity contribution >= 4 is 28.9 Å². The van der Waals surface area contributed by atoms with E-state index in [9.17, 15) is 19.7 Å². The second-order valence-corrected chi connectivity index (χ2v) is 4.88. The number of rotatable bonds is 2. The van der Waals surface area contributed by atoms with Crippen LogP contribution in [0.4, 0.5) is 5.69 Å².